The molecular weight excluding hydrogens is 178 g/mol. The molecule has 3 nitrogen and oxygen atoms in total. The summed E-state index contributed by atoms with van der Waals surface area (Å²) >= 11 is 0. The Morgan fingerprint density at radius 1 is 1.43 bits per heavy atom. The lowest BCUT2D eigenvalue weighted by Gasteiger charge is -2.17. The topological polar surface area (TPSA) is 45.4 Å². The summed E-state index contributed by atoms with van der Waals surface area (Å²) in [7, 11) is 0. The third-order valence-electron chi connectivity index (χ3n) is 2.25. The molecule has 1 aromatic heterocycles. The molecule has 0 aromatic carbocycles. The van der Waals surface area contributed by atoms with Crippen molar-refractivity contribution in [2.45, 2.75) is 38.8 Å². The molecule has 1 heterocycles. The minimum Gasteiger partial charge on any atom is -0.469 e. The minimum atomic E-state index is 0.168. The van der Waals surface area contributed by atoms with Gasteiger partial charge in [0.15, 0.2) is 0 Å². The normalized spacial score (nSPS) is 15.4. The summed E-state index contributed by atoms with van der Waals surface area (Å²) in [6.45, 7) is 4.28. The Kier molecular flexibility index (Phi) is 4.70. The van der Waals surface area contributed by atoms with Crippen LogP contribution in [0, 0.1) is 0 Å². The Balaban J connectivity index is 2.18. The molecule has 0 aliphatic rings. The predicted molar refractivity (Wildman–Crippen MR) is 56.2 cm³/mol. The first-order valence-corrected chi connectivity index (χ1v) is 5.11. The summed E-state index contributed by atoms with van der Waals surface area (Å²) in [5.74, 6) is 1.02. The molecule has 80 valence electrons. The molecule has 0 saturated carbocycles. The fraction of sp³-hybridized carbons (Fsp3) is 0.636. The standard InChI is InChI=1S/C11H19NO2/c1-9(12-10(2)8-13)5-6-11-4-3-7-14-11/h3-4,7,9-10,12-13H,5-6,8H2,1-2H3/t9?,10-/m1/s1. The molecule has 2 atom stereocenters. The van der Waals surface area contributed by atoms with Crippen LogP contribution in [-0.4, -0.2) is 23.8 Å². The van der Waals surface area contributed by atoms with Crippen molar-refractivity contribution in [3.8, 4) is 0 Å². The van der Waals surface area contributed by atoms with Gasteiger partial charge in [-0.2, -0.15) is 0 Å². The number of aryl methyl sites for hydroxylation is 1. The third kappa shape index (κ3) is 3.94. The van der Waals surface area contributed by atoms with E-state index in [9.17, 15) is 0 Å². The molecule has 0 amide bonds. The monoisotopic (exact) mass is 197 g/mol. The summed E-state index contributed by atoms with van der Waals surface area (Å²) in [6.07, 6.45) is 3.67. The van der Waals surface area contributed by atoms with Crippen LogP contribution >= 0.6 is 0 Å². The highest BCUT2D eigenvalue weighted by molar-refractivity contribution is 4.98. The summed E-state index contributed by atoms with van der Waals surface area (Å²) in [5.41, 5.74) is 0. The van der Waals surface area contributed by atoms with E-state index in [0.717, 1.165) is 18.6 Å². The van der Waals surface area contributed by atoms with Gasteiger partial charge in [-0.15, -0.1) is 0 Å². The summed E-state index contributed by atoms with van der Waals surface area (Å²) < 4.78 is 5.24. The van der Waals surface area contributed by atoms with E-state index in [1.165, 1.54) is 0 Å². The van der Waals surface area contributed by atoms with E-state index >= 15 is 0 Å². The number of nitrogens with one attached hydrogen (secondary N) is 1. The van der Waals surface area contributed by atoms with Gasteiger partial charge in [0.2, 0.25) is 0 Å². The maximum Gasteiger partial charge on any atom is 0.103 e. The number of furan rings is 1. The van der Waals surface area contributed by atoms with E-state index in [1.807, 2.05) is 19.1 Å². The predicted octanol–water partition coefficient (Wildman–Crippen LogP) is 1.57. The second-order valence-corrected chi connectivity index (χ2v) is 3.77. The molecule has 2 N–H and O–H groups in total. The van der Waals surface area contributed by atoms with Gasteiger partial charge in [-0.25, -0.2) is 0 Å². The molecule has 0 radical (unpaired) electrons. The average molecular weight is 197 g/mol. The van der Waals surface area contributed by atoms with Gasteiger partial charge in [-0.3, -0.25) is 0 Å². The SMILES string of the molecule is CC(CCc1ccco1)N[C@H](C)CO. The zero-order chi connectivity index (χ0) is 10.4. The summed E-state index contributed by atoms with van der Waals surface area (Å²) in [5, 5.41) is 12.2. The zero-order valence-corrected chi connectivity index (χ0v) is 8.86. The molecule has 0 fully saturated rings. The van der Waals surface area contributed by atoms with Gasteiger partial charge in [-0.05, 0) is 32.4 Å². The molecule has 0 spiro atoms. The number of hydrogen-bond donors (Lipinski definition) is 2. The second-order valence-electron chi connectivity index (χ2n) is 3.77. The number of rotatable bonds is 6. The molecule has 0 saturated heterocycles. The second kappa shape index (κ2) is 5.83. The molecule has 0 bridgehead atoms. The van der Waals surface area contributed by atoms with Crippen molar-refractivity contribution in [3.05, 3.63) is 24.2 Å². The van der Waals surface area contributed by atoms with Gasteiger partial charge in [0.1, 0.15) is 5.76 Å². The van der Waals surface area contributed by atoms with Gasteiger partial charge in [0, 0.05) is 18.5 Å². The van der Waals surface area contributed by atoms with E-state index in [4.69, 9.17) is 9.52 Å². The Bertz CT molecular complexity index is 233. The summed E-state index contributed by atoms with van der Waals surface area (Å²) in [6, 6.07) is 4.47. The molecule has 1 rings (SSSR count). The highest BCUT2D eigenvalue weighted by Gasteiger charge is 2.06. The van der Waals surface area contributed by atoms with Crippen molar-refractivity contribution in [2.75, 3.05) is 6.61 Å². The lowest BCUT2D eigenvalue weighted by atomic mass is 10.1. The molecule has 0 aliphatic carbocycles. The van der Waals surface area contributed by atoms with Crippen LogP contribution in [0.1, 0.15) is 26.0 Å². The molecule has 3 heteroatoms. The number of aliphatic hydroxyl groups is 1. The fourth-order valence-corrected chi connectivity index (χ4v) is 1.44. The largest absolute Gasteiger partial charge is 0.469 e. The Labute approximate surface area is 85.1 Å². The highest BCUT2D eigenvalue weighted by atomic mass is 16.3. The van der Waals surface area contributed by atoms with Crippen molar-refractivity contribution >= 4 is 0 Å². The van der Waals surface area contributed by atoms with Crippen LogP contribution in [0.15, 0.2) is 22.8 Å². The Morgan fingerprint density at radius 2 is 2.21 bits per heavy atom. The highest BCUT2D eigenvalue weighted by Crippen LogP contribution is 2.05. The first-order valence-electron chi connectivity index (χ1n) is 5.11. The van der Waals surface area contributed by atoms with Crippen LogP contribution in [0.2, 0.25) is 0 Å². The van der Waals surface area contributed by atoms with Crippen molar-refractivity contribution in [2.24, 2.45) is 0 Å². The van der Waals surface area contributed by atoms with Crippen molar-refractivity contribution in [1.29, 1.82) is 0 Å². The Morgan fingerprint density at radius 3 is 2.79 bits per heavy atom. The van der Waals surface area contributed by atoms with Crippen LogP contribution in [0.5, 0.6) is 0 Å². The minimum absolute atomic E-state index is 0.168. The van der Waals surface area contributed by atoms with Crippen molar-refractivity contribution in [1.82, 2.24) is 5.32 Å². The van der Waals surface area contributed by atoms with Gasteiger partial charge >= 0.3 is 0 Å². The molecule has 1 aromatic rings. The van der Waals surface area contributed by atoms with Gasteiger partial charge in [-0.1, -0.05) is 0 Å². The van der Waals surface area contributed by atoms with Crippen molar-refractivity contribution in [3.63, 3.8) is 0 Å². The molecule has 1 unspecified atom stereocenters. The molecule has 14 heavy (non-hydrogen) atoms. The van der Waals surface area contributed by atoms with Crippen molar-refractivity contribution < 1.29 is 9.52 Å². The van der Waals surface area contributed by atoms with Crippen LogP contribution in [0.4, 0.5) is 0 Å². The van der Waals surface area contributed by atoms with E-state index in [2.05, 4.69) is 12.2 Å². The lowest BCUT2D eigenvalue weighted by Crippen LogP contribution is -2.36. The van der Waals surface area contributed by atoms with Gasteiger partial charge in [0.05, 0.1) is 12.9 Å². The first-order chi connectivity index (χ1) is 6.72. The van der Waals surface area contributed by atoms with Crippen LogP contribution in [0.25, 0.3) is 0 Å². The molecule has 0 aliphatic heterocycles. The zero-order valence-electron chi connectivity index (χ0n) is 8.86. The van der Waals surface area contributed by atoms with Crippen LogP contribution < -0.4 is 5.32 Å². The van der Waals surface area contributed by atoms with E-state index < -0.39 is 0 Å². The van der Waals surface area contributed by atoms with Gasteiger partial charge < -0.3 is 14.8 Å². The lowest BCUT2D eigenvalue weighted by molar-refractivity contribution is 0.240. The molecular formula is C11H19NO2. The van der Waals surface area contributed by atoms with E-state index in [1.54, 1.807) is 6.26 Å². The third-order valence-corrected chi connectivity index (χ3v) is 2.25. The Hall–Kier alpha value is -0.800. The smallest absolute Gasteiger partial charge is 0.103 e. The average Bonchev–Trinajstić information content (AvgIpc) is 2.67. The van der Waals surface area contributed by atoms with E-state index in [-0.39, 0.29) is 12.6 Å². The van der Waals surface area contributed by atoms with E-state index in [0.29, 0.717) is 6.04 Å². The van der Waals surface area contributed by atoms with Crippen LogP contribution in [0.3, 0.4) is 0 Å². The maximum absolute atomic E-state index is 8.85. The van der Waals surface area contributed by atoms with Gasteiger partial charge in [0.25, 0.3) is 0 Å². The summed E-state index contributed by atoms with van der Waals surface area (Å²) in [4.78, 5) is 0. The fourth-order valence-electron chi connectivity index (χ4n) is 1.44. The number of aliphatic hydroxyl groups excluding tert-OH is 1. The van der Waals surface area contributed by atoms with Crippen LogP contribution in [-0.2, 0) is 6.42 Å². The number of hydrogen-bond acceptors (Lipinski definition) is 3. The first kappa shape index (κ1) is 11.3. The quantitative estimate of drug-likeness (QED) is 0.727. The maximum atomic E-state index is 8.85.